The number of nitrogens with zero attached hydrogens (tertiary/aromatic N) is 6. The first-order valence-electron chi connectivity index (χ1n) is 12.7. The molecule has 1 aliphatic rings. The van der Waals surface area contributed by atoms with E-state index in [0.29, 0.717) is 54.3 Å². The van der Waals surface area contributed by atoms with Crippen molar-refractivity contribution < 1.29 is 9.59 Å². The molecule has 5 rings (SSSR count). The standard InChI is InChI=1S/C28H28ClN7O3/c1-19(37)32-22-9-12-34(13-10-22)28(39)26(15-20-5-3-2-4-6-20)35-18-30-24(17-27(35)38)23-16-21(29)7-8-25(23)36-14-11-31-33-36/h2-8,11,14,16-18,22,26H,9-10,12-13,15H2,1H3,(H,32,37). The van der Waals surface area contributed by atoms with Crippen LogP contribution in [0.3, 0.4) is 0 Å². The van der Waals surface area contributed by atoms with E-state index in [1.165, 1.54) is 23.9 Å². The molecule has 2 aromatic heterocycles. The van der Waals surface area contributed by atoms with E-state index >= 15 is 0 Å². The van der Waals surface area contributed by atoms with E-state index in [0.717, 1.165) is 5.56 Å². The molecule has 1 aliphatic heterocycles. The second-order valence-electron chi connectivity index (χ2n) is 9.53. The maximum atomic E-state index is 13.8. The number of rotatable bonds is 7. The monoisotopic (exact) mass is 545 g/mol. The fourth-order valence-electron chi connectivity index (χ4n) is 4.93. The Morgan fingerprint density at radius 1 is 1.10 bits per heavy atom. The van der Waals surface area contributed by atoms with Crippen LogP contribution >= 0.6 is 11.6 Å². The Balaban J connectivity index is 1.47. The summed E-state index contributed by atoms with van der Waals surface area (Å²) >= 11 is 6.28. The van der Waals surface area contributed by atoms with Gasteiger partial charge in [0.15, 0.2) is 0 Å². The molecule has 2 amide bonds. The first-order chi connectivity index (χ1) is 18.9. The van der Waals surface area contributed by atoms with Crippen molar-refractivity contribution in [1.29, 1.82) is 0 Å². The Kier molecular flexibility index (Phi) is 7.83. The maximum absolute atomic E-state index is 13.8. The molecule has 2 aromatic carbocycles. The van der Waals surface area contributed by atoms with Crippen molar-refractivity contribution >= 4 is 23.4 Å². The molecule has 0 radical (unpaired) electrons. The SMILES string of the molecule is CC(=O)NC1CCN(C(=O)C(Cc2ccccc2)n2cnc(-c3cc(Cl)ccc3-n3ccnn3)cc2=O)CC1. The van der Waals surface area contributed by atoms with E-state index in [4.69, 9.17) is 11.6 Å². The van der Waals surface area contributed by atoms with Crippen LogP contribution in [-0.2, 0) is 16.0 Å². The summed E-state index contributed by atoms with van der Waals surface area (Å²) in [6.07, 6.45) is 6.34. The van der Waals surface area contributed by atoms with Crippen molar-refractivity contribution in [3.63, 3.8) is 0 Å². The molecule has 1 fully saturated rings. The Bertz CT molecular complexity index is 1510. The fourth-order valence-corrected chi connectivity index (χ4v) is 5.10. The number of amides is 2. The molecule has 0 aliphatic carbocycles. The summed E-state index contributed by atoms with van der Waals surface area (Å²) in [7, 11) is 0. The van der Waals surface area contributed by atoms with Crippen LogP contribution in [0.2, 0.25) is 5.02 Å². The molecule has 11 heteroatoms. The van der Waals surface area contributed by atoms with Gasteiger partial charge in [0.05, 0.1) is 30.1 Å². The average Bonchev–Trinajstić information content (AvgIpc) is 3.47. The Morgan fingerprint density at radius 3 is 2.54 bits per heavy atom. The number of aromatic nitrogens is 5. The first-order valence-corrected chi connectivity index (χ1v) is 13.1. The summed E-state index contributed by atoms with van der Waals surface area (Å²) in [6.45, 7) is 2.49. The maximum Gasteiger partial charge on any atom is 0.254 e. The van der Waals surface area contributed by atoms with E-state index in [-0.39, 0.29) is 23.4 Å². The van der Waals surface area contributed by atoms with Crippen molar-refractivity contribution in [1.82, 2.24) is 34.8 Å². The van der Waals surface area contributed by atoms with Crippen LogP contribution in [0.25, 0.3) is 16.9 Å². The van der Waals surface area contributed by atoms with Gasteiger partial charge in [0.1, 0.15) is 6.04 Å². The van der Waals surface area contributed by atoms with Gasteiger partial charge in [-0.05, 0) is 36.6 Å². The Morgan fingerprint density at radius 2 is 1.87 bits per heavy atom. The molecule has 1 N–H and O–H groups in total. The summed E-state index contributed by atoms with van der Waals surface area (Å²) in [6, 6.07) is 15.5. The number of carbonyl (C=O) groups excluding carboxylic acids is 2. The number of hydrogen-bond donors (Lipinski definition) is 1. The summed E-state index contributed by atoms with van der Waals surface area (Å²) in [5.41, 5.74) is 2.27. The molecule has 10 nitrogen and oxygen atoms in total. The quantitative estimate of drug-likeness (QED) is 0.382. The third-order valence-corrected chi connectivity index (χ3v) is 7.08. The molecular formula is C28H28ClN7O3. The second-order valence-corrected chi connectivity index (χ2v) is 9.97. The number of carbonyl (C=O) groups is 2. The predicted octanol–water partition coefficient (Wildman–Crippen LogP) is 3.06. The van der Waals surface area contributed by atoms with Gasteiger partial charge in [0.25, 0.3) is 5.56 Å². The molecule has 4 aromatic rings. The molecule has 39 heavy (non-hydrogen) atoms. The molecule has 1 saturated heterocycles. The van der Waals surface area contributed by atoms with Crippen LogP contribution in [0.4, 0.5) is 0 Å². The lowest BCUT2D eigenvalue weighted by molar-refractivity contribution is -0.136. The zero-order valence-electron chi connectivity index (χ0n) is 21.4. The number of halogens is 1. The molecule has 3 heterocycles. The van der Waals surface area contributed by atoms with Crippen molar-refractivity contribution in [3.8, 4) is 16.9 Å². The van der Waals surface area contributed by atoms with Gasteiger partial charge in [0, 0.05) is 49.1 Å². The lowest BCUT2D eigenvalue weighted by Gasteiger charge is -2.34. The number of benzene rings is 2. The Hall–Kier alpha value is -4.31. The van der Waals surface area contributed by atoms with Gasteiger partial charge in [-0.1, -0.05) is 47.1 Å². The normalized spacial score (nSPS) is 14.7. The van der Waals surface area contributed by atoms with Gasteiger partial charge in [-0.25, -0.2) is 9.67 Å². The lowest BCUT2D eigenvalue weighted by atomic mass is 10.0. The highest BCUT2D eigenvalue weighted by Gasteiger charge is 2.30. The zero-order chi connectivity index (χ0) is 27.4. The number of nitrogens with one attached hydrogen (secondary N) is 1. The van der Waals surface area contributed by atoms with Gasteiger partial charge in [-0.2, -0.15) is 0 Å². The highest BCUT2D eigenvalue weighted by molar-refractivity contribution is 6.31. The molecule has 0 spiro atoms. The van der Waals surface area contributed by atoms with Gasteiger partial charge < -0.3 is 10.2 Å². The van der Waals surface area contributed by atoms with E-state index in [2.05, 4.69) is 20.6 Å². The van der Waals surface area contributed by atoms with E-state index < -0.39 is 6.04 Å². The van der Waals surface area contributed by atoms with Crippen molar-refractivity contribution in [2.45, 2.75) is 38.3 Å². The van der Waals surface area contributed by atoms with E-state index in [9.17, 15) is 14.4 Å². The second kappa shape index (κ2) is 11.6. The van der Waals surface area contributed by atoms with E-state index in [1.807, 2.05) is 30.3 Å². The minimum absolute atomic E-state index is 0.0414. The van der Waals surface area contributed by atoms with Crippen LogP contribution in [0.1, 0.15) is 31.4 Å². The van der Waals surface area contributed by atoms with Crippen LogP contribution in [0.15, 0.2) is 78.1 Å². The van der Waals surface area contributed by atoms with Gasteiger partial charge >= 0.3 is 0 Å². The largest absolute Gasteiger partial charge is 0.353 e. The lowest BCUT2D eigenvalue weighted by Crippen LogP contribution is -2.49. The van der Waals surface area contributed by atoms with E-state index in [1.54, 1.807) is 40.2 Å². The fraction of sp³-hybridized carbons (Fsp3) is 0.286. The summed E-state index contributed by atoms with van der Waals surface area (Å²) in [5, 5.41) is 11.3. The third-order valence-electron chi connectivity index (χ3n) is 6.85. The molecule has 1 unspecified atom stereocenters. The van der Waals surface area contributed by atoms with Gasteiger partial charge in [0.2, 0.25) is 11.8 Å². The van der Waals surface area contributed by atoms with Gasteiger partial charge in [-0.3, -0.25) is 19.0 Å². The van der Waals surface area contributed by atoms with Crippen LogP contribution in [0, 0.1) is 0 Å². The molecule has 1 atom stereocenters. The summed E-state index contributed by atoms with van der Waals surface area (Å²) in [5.74, 6) is -0.228. The first kappa shape index (κ1) is 26.3. The number of hydrogen-bond acceptors (Lipinski definition) is 6. The van der Waals surface area contributed by atoms with Gasteiger partial charge in [-0.15, -0.1) is 5.10 Å². The summed E-state index contributed by atoms with van der Waals surface area (Å²) in [4.78, 5) is 45.1. The molecular weight excluding hydrogens is 518 g/mol. The highest BCUT2D eigenvalue weighted by Crippen LogP contribution is 2.28. The predicted molar refractivity (Wildman–Crippen MR) is 146 cm³/mol. The van der Waals surface area contributed by atoms with Crippen LogP contribution in [-0.4, -0.2) is 60.4 Å². The Labute approximate surface area is 230 Å². The zero-order valence-corrected chi connectivity index (χ0v) is 22.2. The molecule has 200 valence electrons. The summed E-state index contributed by atoms with van der Waals surface area (Å²) < 4.78 is 2.98. The van der Waals surface area contributed by atoms with Crippen LogP contribution < -0.4 is 10.9 Å². The van der Waals surface area contributed by atoms with Crippen molar-refractivity contribution in [2.24, 2.45) is 0 Å². The average molecular weight is 546 g/mol. The van der Waals surface area contributed by atoms with Crippen molar-refractivity contribution in [3.05, 3.63) is 94.3 Å². The minimum atomic E-state index is -0.770. The smallest absolute Gasteiger partial charge is 0.254 e. The topological polar surface area (TPSA) is 115 Å². The molecule has 0 saturated carbocycles. The highest BCUT2D eigenvalue weighted by atomic mass is 35.5. The van der Waals surface area contributed by atoms with Crippen LogP contribution in [0.5, 0.6) is 0 Å². The molecule has 0 bridgehead atoms. The van der Waals surface area contributed by atoms with Crippen molar-refractivity contribution in [2.75, 3.05) is 13.1 Å². The number of piperidine rings is 1. The number of likely N-dealkylation sites (tertiary alicyclic amines) is 1. The minimum Gasteiger partial charge on any atom is -0.353 e. The third kappa shape index (κ3) is 6.06.